The van der Waals surface area contributed by atoms with Gasteiger partial charge in [0.25, 0.3) is 11.8 Å². The molecule has 0 atom stereocenters. The summed E-state index contributed by atoms with van der Waals surface area (Å²) < 4.78 is 5.39. The van der Waals surface area contributed by atoms with Crippen molar-refractivity contribution in [1.82, 2.24) is 5.32 Å². The Hall–Kier alpha value is -3.51. The third-order valence-electron chi connectivity index (χ3n) is 5.04. The molecule has 6 heteroatoms. The van der Waals surface area contributed by atoms with Gasteiger partial charge in [-0.15, -0.1) is 0 Å². The van der Waals surface area contributed by atoms with Crippen LogP contribution < -0.4 is 15.0 Å². The average molecular weight is 431 g/mol. The molecule has 0 spiro atoms. The number of thioether (sulfide) groups is 1. The smallest absolute Gasteiger partial charge is 0.264 e. The van der Waals surface area contributed by atoms with Crippen LogP contribution in [0.1, 0.15) is 21.5 Å². The van der Waals surface area contributed by atoms with E-state index in [0.717, 1.165) is 21.7 Å². The molecule has 0 bridgehead atoms. The third kappa shape index (κ3) is 4.49. The molecular formula is C25H22N2O3S. The van der Waals surface area contributed by atoms with Crippen LogP contribution in [0.15, 0.2) is 82.6 Å². The fraction of sp³-hybridized carbons (Fsp3) is 0.120. The second kappa shape index (κ2) is 9.10. The Balaban J connectivity index is 1.56. The van der Waals surface area contributed by atoms with E-state index in [1.807, 2.05) is 66.7 Å². The number of amides is 2. The number of nitrogens with zero attached hydrogens (tertiary/aromatic N) is 1. The third-order valence-corrected chi connectivity index (χ3v) is 6.12. The Morgan fingerprint density at radius 3 is 2.58 bits per heavy atom. The number of carbonyl (C=O) groups is 2. The van der Waals surface area contributed by atoms with Gasteiger partial charge in [0.2, 0.25) is 0 Å². The van der Waals surface area contributed by atoms with Crippen molar-refractivity contribution in [2.45, 2.75) is 11.4 Å². The van der Waals surface area contributed by atoms with Gasteiger partial charge in [-0.3, -0.25) is 9.59 Å². The van der Waals surface area contributed by atoms with Gasteiger partial charge in [0.15, 0.2) is 0 Å². The van der Waals surface area contributed by atoms with Crippen LogP contribution in [-0.2, 0) is 11.3 Å². The minimum Gasteiger partial charge on any atom is -0.496 e. The lowest BCUT2D eigenvalue weighted by atomic mass is 10.1. The maximum absolute atomic E-state index is 13.0. The summed E-state index contributed by atoms with van der Waals surface area (Å²) in [5.41, 5.74) is 3.11. The lowest BCUT2D eigenvalue weighted by Crippen LogP contribution is -2.31. The van der Waals surface area contributed by atoms with Gasteiger partial charge in [-0.1, -0.05) is 60.3 Å². The number of benzene rings is 3. The predicted molar refractivity (Wildman–Crippen MR) is 124 cm³/mol. The first-order valence-electron chi connectivity index (χ1n) is 9.83. The number of rotatable bonds is 5. The Bertz CT molecular complexity index is 1160. The van der Waals surface area contributed by atoms with Crippen molar-refractivity contribution in [1.29, 1.82) is 0 Å². The highest BCUT2D eigenvalue weighted by Crippen LogP contribution is 2.42. The van der Waals surface area contributed by atoms with E-state index in [0.29, 0.717) is 22.8 Å². The number of para-hydroxylation sites is 1. The maximum atomic E-state index is 13.0. The average Bonchev–Trinajstić information content (AvgIpc) is 2.81. The molecule has 0 radical (unpaired) electrons. The van der Waals surface area contributed by atoms with Crippen LogP contribution in [-0.4, -0.2) is 26.0 Å². The highest BCUT2D eigenvalue weighted by atomic mass is 32.2. The first kappa shape index (κ1) is 20.8. The van der Waals surface area contributed by atoms with E-state index >= 15 is 0 Å². The minimum atomic E-state index is -0.173. The monoisotopic (exact) mass is 430 g/mol. The summed E-state index contributed by atoms with van der Waals surface area (Å²) >= 11 is 1.40. The van der Waals surface area contributed by atoms with Crippen molar-refractivity contribution < 1.29 is 14.3 Å². The molecular weight excluding hydrogens is 408 g/mol. The SMILES string of the molecule is COc1ccccc1C=C1Sc2ccc(C(=O)NCc3ccccc3)cc2N(C)C1=O. The van der Waals surface area contributed by atoms with Gasteiger partial charge < -0.3 is 15.0 Å². The van der Waals surface area contributed by atoms with Gasteiger partial charge in [-0.05, 0) is 35.9 Å². The van der Waals surface area contributed by atoms with Crippen LogP contribution in [0.2, 0.25) is 0 Å². The van der Waals surface area contributed by atoms with E-state index in [2.05, 4.69) is 5.32 Å². The van der Waals surface area contributed by atoms with Crippen molar-refractivity contribution in [2.75, 3.05) is 19.1 Å². The number of anilines is 1. The van der Waals surface area contributed by atoms with Crippen molar-refractivity contribution in [2.24, 2.45) is 0 Å². The van der Waals surface area contributed by atoms with E-state index in [1.54, 1.807) is 31.2 Å². The van der Waals surface area contributed by atoms with Crippen molar-refractivity contribution in [3.05, 3.63) is 94.4 Å². The first-order valence-corrected chi connectivity index (χ1v) is 10.7. The number of fused-ring (bicyclic) bond motifs is 1. The van der Waals surface area contributed by atoms with Gasteiger partial charge in [0.05, 0.1) is 17.7 Å². The molecule has 0 saturated carbocycles. The summed E-state index contributed by atoms with van der Waals surface area (Å²) in [5, 5.41) is 2.93. The van der Waals surface area contributed by atoms with Gasteiger partial charge in [0, 0.05) is 29.6 Å². The molecule has 2 amide bonds. The standard InChI is InChI=1S/C25H22N2O3S/c1-27-20-14-19(24(28)26-16-17-8-4-3-5-9-17)12-13-22(20)31-23(25(27)29)15-18-10-6-7-11-21(18)30-2/h3-15H,16H2,1-2H3,(H,26,28). The lowest BCUT2D eigenvalue weighted by molar-refractivity contribution is -0.114. The summed E-state index contributed by atoms with van der Waals surface area (Å²) in [6, 6.07) is 22.8. The topological polar surface area (TPSA) is 58.6 Å². The predicted octanol–water partition coefficient (Wildman–Crippen LogP) is 4.73. The summed E-state index contributed by atoms with van der Waals surface area (Å²) in [7, 11) is 3.33. The maximum Gasteiger partial charge on any atom is 0.264 e. The van der Waals surface area contributed by atoms with E-state index in [9.17, 15) is 9.59 Å². The Morgan fingerprint density at radius 1 is 1.06 bits per heavy atom. The van der Waals surface area contributed by atoms with Crippen LogP contribution in [0.25, 0.3) is 6.08 Å². The molecule has 0 aliphatic carbocycles. The number of hydrogen-bond acceptors (Lipinski definition) is 4. The van der Waals surface area contributed by atoms with Crippen LogP contribution in [0.5, 0.6) is 5.75 Å². The first-order chi connectivity index (χ1) is 15.1. The molecule has 5 nitrogen and oxygen atoms in total. The minimum absolute atomic E-state index is 0.120. The zero-order chi connectivity index (χ0) is 21.8. The zero-order valence-corrected chi connectivity index (χ0v) is 18.1. The van der Waals surface area contributed by atoms with Crippen molar-refractivity contribution >= 4 is 35.3 Å². The van der Waals surface area contributed by atoms with E-state index in [4.69, 9.17) is 4.74 Å². The van der Waals surface area contributed by atoms with Gasteiger partial charge >= 0.3 is 0 Å². The van der Waals surface area contributed by atoms with Gasteiger partial charge in [0.1, 0.15) is 5.75 Å². The molecule has 1 aliphatic rings. The number of nitrogens with one attached hydrogen (secondary N) is 1. The summed E-state index contributed by atoms with van der Waals surface area (Å²) in [6.45, 7) is 0.450. The Kier molecular flexibility index (Phi) is 6.09. The fourth-order valence-electron chi connectivity index (χ4n) is 3.34. The molecule has 1 aliphatic heterocycles. The number of ether oxygens (including phenoxy) is 1. The van der Waals surface area contributed by atoms with E-state index < -0.39 is 0 Å². The quantitative estimate of drug-likeness (QED) is 0.595. The second-order valence-corrected chi connectivity index (χ2v) is 8.15. The summed E-state index contributed by atoms with van der Waals surface area (Å²) in [6.07, 6.45) is 1.84. The van der Waals surface area contributed by atoms with Crippen LogP contribution >= 0.6 is 11.8 Å². The largest absolute Gasteiger partial charge is 0.496 e. The van der Waals surface area contributed by atoms with E-state index in [1.165, 1.54) is 11.8 Å². The molecule has 156 valence electrons. The fourth-order valence-corrected chi connectivity index (χ4v) is 4.43. The molecule has 3 aromatic carbocycles. The lowest BCUT2D eigenvalue weighted by Gasteiger charge is -2.27. The number of methoxy groups -OCH3 is 1. The van der Waals surface area contributed by atoms with Crippen molar-refractivity contribution in [3.63, 3.8) is 0 Å². The molecule has 1 heterocycles. The molecule has 0 aromatic heterocycles. The zero-order valence-electron chi connectivity index (χ0n) is 17.3. The summed E-state index contributed by atoms with van der Waals surface area (Å²) in [5.74, 6) is 0.417. The molecule has 3 aromatic rings. The molecule has 0 fully saturated rings. The number of carbonyl (C=O) groups excluding carboxylic acids is 2. The van der Waals surface area contributed by atoms with E-state index in [-0.39, 0.29) is 11.8 Å². The number of hydrogen-bond donors (Lipinski definition) is 1. The molecule has 31 heavy (non-hydrogen) atoms. The van der Waals surface area contributed by atoms with Crippen LogP contribution in [0, 0.1) is 0 Å². The van der Waals surface area contributed by atoms with Gasteiger partial charge in [-0.25, -0.2) is 0 Å². The highest BCUT2D eigenvalue weighted by molar-refractivity contribution is 8.04. The Labute approximate surface area is 185 Å². The van der Waals surface area contributed by atoms with Crippen molar-refractivity contribution in [3.8, 4) is 5.75 Å². The normalized spacial score (nSPS) is 14.3. The molecule has 4 rings (SSSR count). The summed E-state index contributed by atoms with van der Waals surface area (Å²) in [4.78, 5) is 28.7. The Morgan fingerprint density at radius 2 is 1.81 bits per heavy atom. The van der Waals surface area contributed by atoms with Crippen LogP contribution in [0.3, 0.4) is 0 Å². The number of likely N-dealkylation sites (N-methyl/N-ethyl adjacent to an activating group) is 1. The molecule has 0 unspecified atom stereocenters. The van der Waals surface area contributed by atoms with Gasteiger partial charge in [-0.2, -0.15) is 0 Å². The van der Waals surface area contributed by atoms with Crippen LogP contribution in [0.4, 0.5) is 5.69 Å². The molecule has 0 saturated heterocycles. The molecule has 1 N–H and O–H groups in total. The second-order valence-electron chi connectivity index (χ2n) is 7.07. The highest BCUT2D eigenvalue weighted by Gasteiger charge is 2.27.